The van der Waals surface area contributed by atoms with Gasteiger partial charge in [-0.25, -0.2) is 0 Å². The second-order valence-electron chi connectivity index (χ2n) is 5.01. The molecule has 0 atom stereocenters. The lowest BCUT2D eigenvalue weighted by Crippen LogP contribution is -2.52. The van der Waals surface area contributed by atoms with E-state index in [1.807, 2.05) is 7.05 Å². The zero-order valence-corrected chi connectivity index (χ0v) is 11.1. The fraction of sp³-hybridized carbons (Fsp3) is 0.923. The van der Waals surface area contributed by atoms with Gasteiger partial charge in [-0.3, -0.25) is 0 Å². The quantitative estimate of drug-likeness (QED) is 0.421. The number of carbonyl (C=O) groups excluding carboxylic acids is 1. The Hall–Kier alpha value is -0.570. The van der Waals surface area contributed by atoms with Gasteiger partial charge in [0.05, 0.1) is 26.1 Å². The number of hydrogen-bond donors (Lipinski definition) is 0. The Morgan fingerprint density at radius 2 is 1.44 bits per heavy atom. The van der Waals surface area contributed by atoms with Gasteiger partial charge in [-0.2, -0.15) is 0 Å². The van der Waals surface area contributed by atoms with Gasteiger partial charge >= 0.3 is 0 Å². The summed E-state index contributed by atoms with van der Waals surface area (Å²) >= 11 is 0. The maximum absolute atomic E-state index is 10.8. The third kappa shape index (κ3) is 7.69. The van der Waals surface area contributed by atoms with E-state index in [4.69, 9.17) is 0 Å². The van der Waals surface area contributed by atoms with Crippen LogP contribution in [0.25, 0.3) is 0 Å². The highest BCUT2D eigenvalue weighted by Gasteiger charge is 2.20. The van der Waals surface area contributed by atoms with Crippen LogP contribution in [0.5, 0.6) is 0 Å². The predicted octanol–water partition coefficient (Wildman–Crippen LogP) is 1.56. The highest BCUT2D eigenvalue weighted by molar-refractivity contribution is 5.65. The fourth-order valence-corrected chi connectivity index (χ4v) is 2.07. The molecule has 0 bridgehead atoms. The van der Waals surface area contributed by atoms with Gasteiger partial charge in [0.1, 0.15) is 6.54 Å². The maximum Gasteiger partial charge on any atom is 0.119 e. The van der Waals surface area contributed by atoms with Gasteiger partial charge in [0.25, 0.3) is 0 Å². The van der Waals surface area contributed by atoms with Crippen molar-refractivity contribution >= 4 is 5.97 Å². The molecule has 0 aromatic heterocycles. The van der Waals surface area contributed by atoms with Crippen molar-refractivity contribution in [3.05, 3.63) is 0 Å². The van der Waals surface area contributed by atoms with Crippen LogP contribution in [0.15, 0.2) is 0 Å². The molecule has 0 unspecified atom stereocenters. The third-order valence-corrected chi connectivity index (χ3v) is 3.11. The minimum absolute atomic E-state index is 0.160. The second kappa shape index (κ2) is 8.57. The highest BCUT2D eigenvalue weighted by atomic mass is 16.4. The van der Waals surface area contributed by atoms with E-state index >= 15 is 0 Å². The van der Waals surface area contributed by atoms with Crippen LogP contribution in [-0.2, 0) is 4.79 Å². The third-order valence-electron chi connectivity index (χ3n) is 3.11. The zero-order valence-electron chi connectivity index (χ0n) is 11.1. The van der Waals surface area contributed by atoms with Crippen LogP contribution in [0.1, 0.15) is 52.4 Å². The Morgan fingerprint density at radius 1 is 1.00 bits per heavy atom. The smallest absolute Gasteiger partial charge is 0.119 e. The topological polar surface area (TPSA) is 40.1 Å². The number of carboxylic acids is 1. The van der Waals surface area contributed by atoms with E-state index in [2.05, 4.69) is 13.8 Å². The molecule has 3 nitrogen and oxygen atoms in total. The lowest BCUT2D eigenvalue weighted by Gasteiger charge is -2.35. The molecule has 16 heavy (non-hydrogen) atoms. The van der Waals surface area contributed by atoms with E-state index in [0.29, 0.717) is 4.48 Å². The summed E-state index contributed by atoms with van der Waals surface area (Å²) in [5.41, 5.74) is 0. The highest BCUT2D eigenvalue weighted by Crippen LogP contribution is 2.10. The van der Waals surface area contributed by atoms with E-state index in [9.17, 15) is 9.90 Å². The number of likely N-dealkylation sites (N-methyl/N-ethyl adjacent to an activating group) is 1. The van der Waals surface area contributed by atoms with Crippen LogP contribution in [0.3, 0.4) is 0 Å². The first-order chi connectivity index (χ1) is 7.54. The monoisotopic (exact) mass is 229 g/mol. The summed E-state index contributed by atoms with van der Waals surface area (Å²) in [6.07, 6.45) is 6.97. The first-order valence-electron chi connectivity index (χ1n) is 6.57. The van der Waals surface area contributed by atoms with Crippen LogP contribution in [0.4, 0.5) is 0 Å². The Morgan fingerprint density at radius 3 is 1.75 bits per heavy atom. The van der Waals surface area contributed by atoms with Crippen molar-refractivity contribution in [2.24, 2.45) is 0 Å². The normalized spacial score (nSPS) is 11.7. The molecule has 0 heterocycles. The molecule has 0 aromatic carbocycles. The number of unbranched alkanes of at least 4 members (excludes halogenated alkanes) is 4. The predicted molar refractivity (Wildman–Crippen MR) is 64.8 cm³/mol. The van der Waals surface area contributed by atoms with Crippen molar-refractivity contribution in [2.45, 2.75) is 52.4 Å². The van der Waals surface area contributed by atoms with Crippen molar-refractivity contribution in [2.75, 3.05) is 26.7 Å². The fourth-order valence-electron chi connectivity index (χ4n) is 2.07. The van der Waals surface area contributed by atoms with Gasteiger partial charge in [0.2, 0.25) is 0 Å². The van der Waals surface area contributed by atoms with E-state index in [-0.39, 0.29) is 6.54 Å². The molecule has 0 rings (SSSR count). The summed E-state index contributed by atoms with van der Waals surface area (Å²) in [6, 6.07) is 0. The maximum atomic E-state index is 10.8. The molecule has 0 amide bonds. The molecule has 0 aliphatic rings. The average Bonchev–Trinajstić information content (AvgIpc) is 2.17. The van der Waals surface area contributed by atoms with Gasteiger partial charge in [-0.05, 0) is 25.7 Å². The Labute approximate surface area is 100 Å². The second-order valence-corrected chi connectivity index (χ2v) is 5.01. The van der Waals surface area contributed by atoms with Crippen LogP contribution >= 0.6 is 0 Å². The lowest BCUT2D eigenvalue weighted by molar-refractivity contribution is -0.904. The van der Waals surface area contributed by atoms with E-state index in [1.165, 1.54) is 25.7 Å². The van der Waals surface area contributed by atoms with Gasteiger partial charge in [0, 0.05) is 0 Å². The van der Waals surface area contributed by atoms with Crippen molar-refractivity contribution in [1.29, 1.82) is 0 Å². The first-order valence-corrected chi connectivity index (χ1v) is 6.57. The summed E-state index contributed by atoms with van der Waals surface area (Å²) in [6.45, 7) is 6.42. The zero-order chi connectivity index (χ0) is 12.4. The molecule has 0 spiro atoms. The molecule has 0 fully saturated rings. The minimum Gasteiger partial charge on any atom is -0.544 e. The Balaban J connectivity index is 4.07. The summed E-state index contributed by atoms with van der Waals surface area (Å²) in [5, 5.41) is 10.8. The van der Waals surface area contributed by atoms with Crippen LogP contribution in [-0.4, -0.2) is 37.1 Å². The molecule has 0 radical (unpaired) electrons. The number of carboxylic acid groups (broad SMARTS) is 1. The van der Waals surface area contributed by atoms with Crippen LogP contribution < -0.4 is 5.11 Å². The first kappa shape index (κ1) is 15.4. The molecule has 0 saturated heterocycles. The molecular formula is C13H27NO2. The van der Waals surface area contributed by atoms with Crippen molar-refractivity contribution in [3.8, 4) is 0 Å². The number of rotatable bonds is 10. The number of nitrogens with zero attached hydrogens (tertiary/aromatic N) is 1. The molecule has 0 aliphatic heterocycles. The van der Waals surface area contributed by atoms with E-state index < -0.39 is 5.97 Å². The summed E-state index contributed by atoms with van der Waals surface area (Å²) in [7, 11) is 2.04. The molecule has 96 valence electrons. The van der Waals surface area contributed by atoms with Gasteiger partial charge in [-0.15, -0.1) is 0 Å². The van der Waals surface area contributed by atoms with Crippen LogP contribution in [0, 0.1) is 0 Å². The van der Waals surface area contributed by atoms with Crippen molar-refractivity contribution in [3.63, 3.8) is 0 Å². The largest absolute Gasteiger partial charge is 0.544 e. The van der Waals surface area contributed by atoms with Gasteiger partial charge < -0.3 is 14.4 Å². The summed E-state index contributed by atoms with van der Waals surface area (Å²) in [4.78, 5) is 10.8. The molecule has 0 saturated carbocycles. The molecule has 0 aromatic rings. The molecule has 0 aliphatic carbocycles. The lowest BCUT2D eigenvalue weighted by atomic mass is 10.2. The van der Waals surface area contributed by atoms with E-state index in [1.54, 1.807) is 0 Å². The molecular weight excluding hydrogens is 202 g/mol. The number of aliphatic carboxylic acids is 1. The molecule has 0 N–H and O–H groups in total. The Bertz CT molecular complexity index is 182. The van der Waals surface area contributed by atoms with Crippen LogP contribution in [0.2, 0.25) is 0 Å². The number of quaternary nitrogens is 1. The van der Waals surface area contributed by atoms with Gasteiger partial charge in [-0.1, -0.05) is 26.7 Å². The minimum atomic E-state index is -0.921. The average molecular weight is 229 g/mol. The van der Waals surface area contributed by atoms with E-state index in [0.717, 1.165) is 25.9 Å². The van der Waals surface area contributed by atoms with Gasteiger partial charge in [0.15, 0.2) is 0 Å². The Kier molecular flexibility index (Phi) is 8.26. The van der Waals surface area contributed by atoms with Crippen molar-refractivity contribution < 1.29 is 14.4 Å². The number of carbonyl (C=O) groups is 1. The van der Waals surface area contributed by atoms with Crippen molar-refractivity contribution in [1.82, 2.24) is 0 Å². The summed E-state index contributed by atoms with van der Waals surface area (Å²) in [5.74, 6) is -0.921. The summed E-state index contributed by atoms with van der Waals surface area (Å²) < 4.78 is 0.641. The SMILES string of the molecule is CCCCC[N+](C)(CCCCC)CC(=O)[O-]. The molecule has 3 heteroatoms. The standard InChI is InChI=1S/C13H27NO2/c1-4-6-8-10-14(3,12-13(15)16)11-9-7-5-2/h4-12H2,1-3H3. The number of hydrogen-bond acceptors (Lipinski definition) is 2.